The summed E-state index contributed by atoms with van der Waals surface area (Å²) in [5.41, 5.74) is 8.04. The number of anilines is 1. The number of rotatable bonds is 8. The van der Waals surface area contributed by atoms with E-state index in [4.69, 9.17) is 0 Å². The van der Waals surface area contributed by atoms with Gasteiger partial charge in [-0.25, -0.2) is 0 Å². The number of hydrazine groups is 1. The van der Waals surface area contributed by atoms with Crippen molar-refractivity contribution in [2.24, 2.45) is 4.99 Å². The normalized spacial score (nSPS) is 19.5. The van der Waals surface area contributed by atoms with Crippen LogP contribution in [0.5, 0.6) is 0 Å². The van der Waals surface area contributed by atoms with Gasteiger partial charge in [-0.1, -0.05) is 42.5 Å². The second-order valence-corrected chi connectivity index (χ2v) is 8.82. The van der Waals surface area contributed by atoms with Gasteiger partial charge in [0.1, 0.15) is 11.9 Å². The maximum atomic E-state index is 12.2. The molecule has 1 unspecified atom stereocenters. The van der Waals surface area contributed by atoms with Gasteiger partial charge in [0.05, 0.1) is 5.69 Å². The summed E-state index contributed by atoms with van der Waals surface area (Å²) < 4.78 is 0. The van der Waals surface area contributed by atoms with E-state index in [1.165, 1.54) is 10.6 Å². The SMILES string of the molecule is CSc1ccccc1N1CCN(CCCCC2N=C(c3ccccc3)NNC2=O)CC1. The molecule has 1 amide bonds. The molecular formula is C24H31N5OS. The van der Waals surface area contributed by atoms with Crippen molar-refractivity contribution < 1.29 is 4.79 Å². The third-order valence-electron chi connectivity index (χ3n) is 5.94. The van der Waals surface area contributed by atoms with Crippen LogP contribution in [0.1, 0.15) is 24.8 Å². The molecule has 7 heteroatoms. The number of hydrogen-bond acceptors (Lipinski definition) is 6. The number of piperazine rings is 1. The van der Waals surface area contributed by atoms with Crippen molar-refractivity contribution in [3.05, 3.63) is 60.2 Å². The molecule has 0 aromatic heterocycles. The number of aliphatic imine (C=N–C) groups is 1. The number of para-hydroxylation sites is 1. The third kappa shape index (κ3) is 5.60. The fourth-order valence-corrected chi connectivity index (χ4v) is 4.79. The summed E-state index contributed by atoms with van der Waals surface area (Å²) in [5.74, 6) is 0.701. The van der Waals surface area contributed by atoms with Gasteiger partial charge >= 0.3 is 0 Å². The highest BCUT2D eigenvalue weighted by Crippen LogP contribution is 2.29. The highest BCUT2D eigenvalue weighted by Gasteiger charge is 2.24. The highest BCUT2D eigenvalue weighted by atomic mass is 32.2. The highest BCUT2D eigenvalue weighted by molar-refractivity contribution is 7.98. The lowest BCUT2D eigenvalue weighted by Gasteiger charge is -2.37. The molecule has 2 heterocycles. The zero-order valence-corrected chi connectivity index (χ0v) is 18.9. The van der Waals surface area contributed by atoms with Crippen LogP contribution in [-0.2, 0) is 4.79 Å². The number of thioether (sulfide) groups is 1. The number of nitrogens with one attached hydrogen (secondary N) is 2. The summed E-state index contributed by atoms with van der Waals surface area (Å²) >= 11 is 1.82. The van der Waals surface area contributed by atoms with E-state index in [0.29, 0.717) is 0 Å². The molecule has 0 bridgehead atoms. The molecule has 1 atom stereocenters. The van der Waals surface area contributed by atoms with Crippen LogP contribution in [0.25, 0.3) is 0 Å². The number of amides is 1. The molecule has 2 aliphatic rings. The summed E-state index contributed by atoms with van der Waals surface area (Å²) in [6.07, 6.45) is 5.02. The van der Waals surface area contributed by atoms with Gasteiger partial charge in [-0.05, 0) is 44.2 Å². The number of benzene rings is 2. The summed E-state index contributed by atoms with van der Waals surface area (Å²) in [4.78, 5) is 23.2. The van der Waals surface area contributed by atoms with Gasteiger partial charge in [-0.3, -0.25) is 25.5 Å². The van der Waals surface area contributed by atoms with Crippen LogP contribution in [0.15, 0.2) is 64.5 Å². The van der Waals surface area contributed by atoms with Crippen LogP contribution < -0.4 is 15.8 Å². The smallest absolute Gasteiger partial charge is 0.263 e. The maximum absolute atomic E-state index is 12.2. The molecule has 0 aliphatic carbocycles. The van der Waals surface area contributed by atoms with Crippen molar-refractivity contribution in [1.29, 1.82) is 0 Å². The Bertz CT molecular complexity index is 896. The van der Waals surface area contributed by atoms with Gasteiger partial charge in [0.25, 0.3) is 5.91 Å². The maximum Gasteiger partial charge on any atom is 0.263 e. The van der Waals surface area contributed by atoms with E-state index in [-0.39, 0.29) is 11.9 Å². The van der Waals surface area contributed by atoms with E-state index in [1.54, 1.807) is 0 Å². The Labute approximate surface area is 189 Å². The van der Waals surface area contributed by atoms with Gasteiger partial charge in [0.15, 0.2) is 0 Å². The number of nitrogens with zero attached hydrogens (tertiary/aromatic N) is 3. The number of unbranched alkanes of at least 4 members (excludes halogenated alkanes) is 1. The zero-order chi connectivity index (χ0) is 21.5. The van der Waals surface area contributed by atoms with Crippen molar-refractivity contribution in [3.8, 4) is 0 Å². The van der Waals surface area contributed by atoms with Crippen molar-refractivity contribution >= 4 is 29.2 Å². The second-order valence-electron chi connectivity index (χ2n) is 7.97. The number of amidine groups is 1. The van der Waals surface area contributed by atoms with Crippen molar-refractivity contribution in [1.82, 2.24) is 15.8 Å². The summed E-state index contributed by atoms with van der Waals surface area (Å²) in [7, 11) is 0. The summed E-state index contributed by atoms with van der Waals surface area (Å²) in [6, 6.07) is 18.3. The first-order valence-electron chi connectivity index (χ1n) is 11.0. The van der Waals surface area contributed by atoms with E-state index in [0.717, 1.165) is 63.4 Å². The molecule has 31 heavy (non-hydrogen) atoms. The van der Waals surface area contributed by atoms with Gasteiger partial charge < -0.3 is 4.90 Å². The van der Waals surface area contributed by atoms with E-state index < -0.39 is 0 Å². The predicted molar refractivity (Wildman–Crippen MR) is 129 cm³/mol. The topological polar surface area (TPSA) is 60.0 Å². The lowest BCUT2D eigenvalue weighted by atomic mass is 10.1. The first kappa shape index (κ1) is 21.7. The largest absolute Gasteiger partial charge is 0.368 e. The molecule has 0 spiro atoms. The van der Waals surface area contributed by atoms with Gasteiger partial charge in [-0.2, -0.15) is 0 Å². The lowest BCUT2D eigenvalue weighted by molar-refractivity contribution is -0.123. The molecule has 1 saturated heterocycles. The van der Waals surface area contributed by atoms with Crippen LogP contribution in [0, 0.1) is 0 Å². The molecule has 4 rings (SSSR count). The fraction of sp³-hybridized carbons (Fsp3) is 0.417. The van der Waals surface area contributed by atoms with Gasteiger partial charge in [0, 0.05) is 36.6 Å². The monoisotopic (exact) mass is 437 g/mol. The minimum Gasteiger partial charge on any atom is -0.368 e. The number of carbonyl (C=O) groups is 1. The van der Waals surface area contributed by atoms with Crippen LogP contribution in [-0.4, -0.2) is 61.7 Å². The Morgan fingerprint density at radius 2 is 1.71 bits per heavy atom. The minimum atomic E-state index is -0.309. The Morgan fingerprint density at radius 1 is 0.968 bits per heavy atom. The average molecular weight is 438 g/mol. The molecule has 6 nitrogen and oxygen atoms in total. The van der Waals surface area contributed by atoms with Crippen molar-refractivity contribution in [2.45, 2.75) is 30.2 Å². The van der Waals surface area contributed by atoms with E-state index in [2.05, 4.69) is 56.2 Å². The fourth-order valence-electron chi connectivity index (χ4n) is 4.17. The first-order valence-corrected chi connectivity index (χ1v) is 12.3. The molecule has 2 aromatic carbocycles. The van der Waals surface area contributed by atoms with Gasteiger partial charge in [-0.15, -0.1) is 11.8 Å². The van der Waals surface area contributed by atoms with Crippen LogP contribution in [0.4, 0.5) is 5.69 Å². The van der Waals surface area contributed by atoms with E-state index >= 15 is 0 Å². The number of carbonyl (C=O) groups excluding carboxylic acids is 1. The van der Waals surface area contributed by atoms with E-state index in [1.807, 2.05) is 42.1 Å². The summed E-state index contributed by atoms with van der Waals surface area (Å²) in [6.45, 7) is 5.40. The average Bonchev–Trinajstić information content (AvgIpc) is 2.84. The molecule has 2 aliphatic heterocycles. The summed E-state index contributed by atoms with van der Waals surface area (Å²) in [5, 5.41) is 0. The van der Waals surface area contributed by atoms with Gasteiger partial charge in [0.2, 0.25) is 0 Å². The lowest BCUT2D eigenvalue weighted by Crippen LogP contribution is -2.51. The second kappa shape index (κ2) is 10.7. The Kier molecular flexibility index (Phi) is 7.48. The van der Waals surface area contributed by atoms with Crippen molar-refractivity contribution in [3.63, 3.8) is 0 Å². The molecule has 0 saturated carbocycles. The zero-order valence-electron chi connectivity index (χ0n) is 18.1. The number of hydrogen-bond donors (Lipinski definition) is 2. The Balaban J connectivity index is 1.21. The first-order chi connectivity index (χ1) is 15.2. The molecule has 2 aromatic rings. The van der Waals surface area contributed by atoms with Crippen LogP contribution >= 0.6 is 11.8 Å². The van der Waals surface area contributed by atoms with Crippen LogP contribution in [0.2, 0.25) is 0 Å². The third-order valence-corrected chi connectivity index (χ3v) is 6.72. The van der Waals surface area contributed by atoms with E-state index in [9.17, 15) is 4.79 Å². The minimum absolute atomic E-state index is 0.0410. The molecular weight excluding hydrogens is 406 g/mol. The Morgan fingerprint density at radius 3 is 2.48 bits per heavy atom. The Hall–Kier alpha value is -2.51. The van der Waals surface area contributed by atoms with Crippen molar-refractivity contribution in [2.75, 3.05) is 43.9 Å². The van der Waals surface area contributed by atoms with Crippen LogP contribution in [0.3, 0.4) is 0 Å². The molecule has 2 N–H and O–H groups in total. The molecule has 1 fully saturated rings. The molecule has 0 radical (unpaired) electrons. The molecule has 164 valence electrons. The standard InChI is InChI=1S/C24H31N5OS/c1-31-22-13-6-5-12-21(22)29-17-15-28(16-18-29)14-8-7-11-20-24(30)27-26-23(25-20)19-9-3-2-4-10-19/h2-6,9-10,12-13,20H,7-8,11,14-18H2,1H3,(H,25,26)(H,27,30). The predicted octanol–water partition coefficient (Wildman–Crippen LogP) is 3.15. The quantitative estimate of drug-likeness (QED) is 0.491.